The molecule has 1 aliphatic heterocycles. The summed E-state index contributed by atoms with van der Waals surface area (Å²) in [7, 11) is 0. The van der Waals surface area contributed by atoms with Crippen LogP contribution < -0.4 is 4.74 Å². The molecule has 1 N–H and O–H groups in total. The number of nitrogens with zero attached hydrogens (tertiary/aromatic N) is 1. The van der Waals surface area contributed by atoms with E-state index in [1.54, 1.807) is 31.2 Å². The Morgan fingerprint density at radius 2 is 2.42 bits per heavy atom. The SMILES string of the molecule is C[C@@H](CO)N1C[C@H](COc2cccc(Cl)c2)OC1=O. The monoisotopic (exact) mass is 285 g/mol. The van der Waals surface area contributed by atoms with Crippen molar-refractivity contribution in [3.8, 4) is 5.75 Å². The maximum atomic E-state index is 11.6. The van der Waals surface area contributed by atoms with Crippen LogP contribution in [0.3, 0.4) is 0 Å². The summed E-state index contributed by atoms with van der Waals surface area (Å²) >= 11 is 5.85. The average molecular weight is 286 g/mol. The van der Waals surface area contributed by atoms with Gasteiger partial charge in [-0.3, -0.25) is 4.90 Å². The van der Waals surface area contributed by atoms with E-state index in [9.17, 15) is 4.79 Å². The number of rotatable bonds is 5. The van der Waals surface area contributed by atoms with Crippen LogP contribution in [0, 0.1) is 0 Å². The minimum Gasteiger partial charge on any atom is -0.490 e. The zero-order valence-corrected chi connectivity index (χ0v) is 11.3. The number of amides is 1. The van der Waals surface area contributed by atoms with Crippen molar-refractivity contribution >= 4 is 17.7 Å². The molecular formula is C13H16ClNO4. The summed E-state index contributed by atoms with van der Waals surface area (Å²) < 4.78 is 10.7. The van der Waals surface area contributed by atoms with Gasteiger partial charge in [-0.25, -0.2) is 4.79 Å². The number of benzene rings is 1. The van der Waals surface area contributed by atoms with Gasteiger partial charge in [-0.1, -0.05) is 17.7 Å². The normalized spacial score (nSPS) is 20.3. The van der Waals surface area contributed by atoms with Gasteiger partial charge in [0, 0.05) is 5.02 Å². The van der Waals surface area contributed by atoms with E-state index in [1.165, 1.54) is 4.90 Å². The van der Waals surface area contributed by atoms with Gasteiger partial charge < -0.3 is 14.6 Å². The molecule has 2 atom stereocenters. The van der Waals surface area contributed by atoms with Crippen molar-refractivity contribution in [3.63, 3.8) is 0 Å². The zero-order valence-electron chi connectivity index (χ0n) is 10.6. The van der Waals surface area contributed by atoms with Gasteiger partial charge in [-0.15, -0.1) is 0 Å². The lowest BCUT2D eigenvalue weighted by atomic mass is 10.3. The number of hydrogen-bond donors (Lipinski definition) is 1. The van der Waals surface area contributed by atoms with Crippen molar-refractivity contribution in [3.05, 3.63) is 29.3 Å². The van der Waals surface area contributed by atoms with Crippen LogP contribution in [0.1, 0.15) is 6.92 Å². The van der Waals surface area contributed by atoms with Gasteiger partial charge in [-0.05, 0) is 25.1 Å². The Hall–Kier alpha value is -1.46. The Morgan fingerprint density at radius 1 is 1.63 bits per heavy atom. The van der Waals surface area contributed by atoms with Gasteiger partial charge in [-0.2, -0.15) is 0 Å². The van der Waals surface area contributed by atoms with Crippen molar-refractivity contribution in [1.82, 2.24) is 4.90 Å². The predicted octanol–water partition coefficient (Wildman–Crippen LogP) is 1.92. The molecule has 1 aromatic rings. The van der Waals surface area contributed by atoms with E-state index in [4.69, 9.17) is 26.2 Å². The Bertz CT molecular complexity index is 454. The quantitative estimate of drug-likeness (QED) is 0.898. The van der Waals surface area contributed by atoms with Crippen LogP contribution in [-0.4, -0.2) is 48.0 Å². The zero-order chi connectivity index (χ0) is 13.8. The van der Waals surface area contributed by atoms with E-state index in [0.29, 0.717) is 17.3 Å². The molecule has 5 nitrogen and oxygen atoms in total. The summed E-state index contributed by atoms with van der Waals surface area (Å²) in [6.45, 7) is 2.36. The topological polar surface area (TPSA) is 59.0 Å². The highest BCUT2D eigenvalue weighted by Gasteiger charge is 2.34. The van der Waals surface area contributed by atoms with Gasteiger partial charge in [0.05, 0.1) is 19.2 Å². The molecule has 1 heterocycles. The van der Waals surface area contributed by atoms with Gasteiger partial charge >= 0.3 is 6.09 Å². The van der Waals surface area contributed by atoms with Crippen LogP contribution in [0.15, 0.2) is 24.3 Å². The molecule has 0 aromatic heterocycles. The van der Waals surface area contributed by atoms with E-state index in [1.807, 2.05) is 0 Å². The largest absolute Gasteiger partial charge is 0.490 e. The molecule has 0 spiro atoms. The summed E-state index contributed by atoms with van der Waals surface area (Å²) in [5.41, 5.74) is 0. The van der Waals surface area contributed by atoms with Crippen LogP contribution in [0.2, 0.25) is 5.02 Å². The van der Waals surface area contributed by atoms with Crippen LogP contribution in [0.4, 0.5) is 4.79 Å². The van der Waals surface area contributed by atoms with Crippen LogP contribution in [0.5, 0.6) is 5.75 Å². The molecule has 0 saturated carbocycles. The van der Waals surface area contributed by atoms with Crippen molar-refractivity contribution in [2.24, 2.45) is 0 Å². The molecule has 19 heavy (non-hydrogen) atoms. The molecular weight excluding hydrogens is 270 g/mol. The fraction of sp³-hybridized carbons (Fsp3) is 0.462. The van der Waals surface area contributed by atoms with E-state index in [-0.39, 0.29) is 25.4 Å². The molecule has 0 aliphatic carbocycles. The number of ether oxygens (including phenoxy) is 2. The third-order valence-electron chi connectivity index (χ3n) is 2.93. The molecule has 2 rings (SSSR count). The lowest BCUT2D eigenvalue weighted by Crippen LogP contribution is -2.37. The smallest absolute Gasteiger partial charge is 0.410 e. The molecule has 1 aliphatic rings. The average Bonchev–Trinajstić information content (AvgIpc) is 2.77. The second-order valence-corrected chi connectivity index (χ2v) is 4.89. The fourth-order valence-corrected chi connectivity index (χ4v) is 2.01. The van der Waals surface area contributed by atoms with Crippen molar-refractivity contribution in [2.45, 2.75) is 19.1 Å². The van der Waals surface area contributed by atoms with Gasteiger partial charge in [0.15, 0.2) is 6.10 Å². The van der Waals surface area contributed by atoms with Crippen LogP contribution >= 0.6 is 11.6 Å². The summed E-state index contributed by atoms with van der Waals surface area (Å²) in [6.07, 6.45) is -0.748. The first kappa shape index (κ1) is 14.0. The molecule has 0 radical (unpaired) electrons. The molecule has 0 unspecified atom stereocenters. The number of aliphatic hydroxyl groups excluding tert-OH is 1. The minimum absolute atomic E-state index is 0.0863. The first-order valence-electron chi connectivity index (χ1n) is 6.06. The number of cyclic esters (lactones) is 1. The predicted molar refractivity (Wildman–Crippen MR) is 70.5 cm³/mol. The van der Waals surface area contributed by atoms with E-state index >= 15 is 0 Å². The number of carbonyl (C=O) groups excluding carboxylic acids is 1. The maximum absolute atomic E-state index is 11.6. The van der Waals surface area contributed by atoms with E-state index < -0.39 is 6.09 Å². The molecule has 6 heteroatoms. The highest BCUT2D eigenvalue weighted by molar-refractivity contribution is 6.30. The Morgan fingerprint density at radius 3 is 3.11 bits per heavy atom. The molecule has 0 bridgehead atoms. The highest BCUT2D eigenvalue weighted by Crippen LogP contribution is 2.19. The van der Waals surface area contributed by atoms with Gasteiger partial charge in [0.1, 0.15) is 12.4 Å². The Labute approximate surface area is 116 Å². The third kappa shape index (κ3) is 3.52. The summed E-state index contributed by atoms with van der Waals surface area (Å²) in [6, 6.07) is 6.79. The number of aliphatic hydroxyl groups is 1. The number of carbonyl (C=O) groups is 1. The molecule has 1 aromatic carbocycles. The molecule has 1 saturated heterocycles. The van der Waals surface area contributed by atoms with Crippen molar-refractivity contribution < 1.29 is 19.4 Å². The Balaban J connectivity index is 1.86. The third-order valence-corrected chi connectivity index (χ3v) is 3.17. The molecule has 104 valence electrons. The van der Waals surface area contributed by atoms with Crippen LogP contribution in [-0.2, 0) is 4.74 Å². The molecule has 1 amide bonds. The second kappa shape index (κ2) is 6.12. The number of halogens is 1. The van der Waals surface area contributed by atoms with Crippen molar-refractivity contribution in [1.29, 1.82) is 0 Å². The van der Waals surface area contributed by atoms with Gasteiger partial charge in [0.2, 0.25) is 0 Å². The first-order valence-corrected chi connectivity index (χ1v) is 6.44. The minimum atomic E-state index is -0.416. The standard InChI is InChI=1S/C13H16ClNO4/c1-9(7-16)15-6-12(19-13(15)17)8-18-11-4-2-3-10(14)5-11/h2-5,9,12,16H,6-8H2,1H3/t9-,12+/m0/s1. The van der Waals surface area contributed by atoms with E-state index in [2.05, 4.69) is 0 Å². The lowest BCUT2D eigenvalue weighted by Gasteiger charge is -2.19. The summed E-state index contributed by atoms with van der Waals surface area (Å²) in [5, 5.41) is 9.64. The van der Waals surface area contributed by atoms with Gasteiger partial charge in [0.25, 0.3) is 0 Å². The Kier molecular flexibility index (Phi) is 4.50. The number of hydrogen-bond acceptors (Lipinski definition) is 4. The highest BCUT2D eigenvalue weighted by atomic mass is 35.5. The maximum Gasteiger partial charge on any atom is 0.410 e. The summed E-state index contributed by atoms with van der Waals surface area (Å²) in [4.78, 5) is 13.1. The van der Waals surface area contributed by atoms with Crippen LogP contribution in [0.25, 0.3) is 0 Å². The lowest BCUT2D eigenvalue weighted by molar-refractivity contribution is 0.0997. The van der Waals surface area contributed by atoms with E-state index in [0.717, 1.165) is 0 Å². The fourth-order valence-electron chi connectivity index (χ4n) is 1.83. The second-order valence-electron chi connectivity index (χ2n) is 4.46. The van der Waals surface area contributed by atoms with Crippen molar-refractivity contribution in [2.75, 3.05) is 19.8 Å². The molecule has 1 fully saturated rings. The first-order chi connectivity index (χ1) is 9.10. The summed E-state index contributed by atoms with van der Waals surface area (Å²) in [5.74, 6) is 0.636.